The van der Waals surface area contributed by atoms with Gasteiger partial charge in [0.05, 0.1) is 0 Å². The maximum Gasteiger partial charge on any atom is 0.231 e. The molecule has 3 aliphatic rings. The molecule has 1 aromatic rings. The van der Waals surface area contributed by atoms with Gasteiger partial charge in [-0.05, 0) is 38.3 Å². The van der Waals surface area contributed by atoms with Crippen LogP contribution >= 0.6 is 11.8 Å². The molecule has 2 aliphatic heterocycles. The molecule has 0 unspecified atom stereocenters. The number of ether oxygens (including phenoxy) is 2. The second-order valence-corrected chi connectivity index (χ2v) is 8.51. The summed E-state index contributed by atoms with van der Waals surface area (Å²) < 4.78 is 11.7. The van der Waals surface area contributed by atoms with Crippen LogP contribution in [0.4, 0.5) is 0 Å². The highest BCUT2D eigenvalue weighted by Crippen LogP contribution is 2.26. The van der Waals surface area contributed by atoms with Gasteiger partial charge in [0.15, 0.2) is 17.2 Å². The highest BCUT2D eigenvalue weighted by atomic mass is 32.2. The fraction of sp³-hybridized carbons (Fsp3) is 0.455. The van der Waals surface area contributed by atoms with Gasteiger partial charge in [-0.3, -0.25) is 4.90 Å². The summed E-state index contributed by atoms with van der Waals surface area (Å²) in [5.74, 6) is 2.63. The molecular formula is C22H28N4O2S. The van der Waals surface area contributed by atoms with Gasteiger partial charge >= 0.3 is 0 Å². The predicted octanol–water partition coefficient (Wildman–Crippen LogP) is 3.77. The van der Waals surface area contributed by atoms with Crippen molar-refractivity contribution in [1.82, 2.24) is 19.8 Å². The summed E-state index contributed by atoms with van der Waals surface area (Å²) in [6.45, 7) is 8.99. The quantitative estimate of drug-likeness (QED) is 0.521. The molecule has 0 atom stereocenters. The number of hydrogen-bond acceptors (Lipinski definition) is 7. The fourth-order valence-electron chi connectivity index (χ4n) is 3.61. The zero-order valence-electron chi connectivity index (χ0n) is 17.1. The van der Waals surface area contributed by atoms with Crippen molar-refractivity contribution >= 4 is 11.8 Å². The summed E-state index contributed by atoms with van der Waals surface area (Å²) in [6, 6.07) is 2.01. The molecule has 0 spiro atoms. The first-order valence-corrected chi connectivity index (χ1v) is 11.2. The first kappa shape index (κ1) is 20.0. The molecule has 6 nitrogen and oxygen atoms in total. The van der Waals surface area contributed by atoms with Crippen LogP contribution in [0.2, 0.25) is 0 Å². The van der Waals surface area contributed by atoms with Crippen LogP contribution in [-0.4, -0.2) is 58.2 Å². The first-order chi connectivity index (χ1) is 14.2. The van der Waals surface area contributed by atoms with Gasteiger partial charge in [0.1, 0.15) is 6.26 Å². The van der Waals surface area contributed by atoms with E-state index in [-0.39, 0.29) is 0 Å². The predicted molar refractivity (Wildman–Crippen MR) is 115 cm³/mol. The molecule has 1 fully saturated rings. The lowest BCUT2D eigenvalue weighted by Gasteiger charge is -2.36. The van der Waals surface area contributed by atoms with Crippen LogP contribution in [0, 0.1) is 13.8 Å². The largest absolute Gasteiger partial charge is 0.456 e. The van der Waals surface area contributed by atoms with Gasteiger partial charge in [-0.15, -0.1) is 0 Å². The SMILES string of the molecule is Cc1cc(C)nc(SCCN2CCN(C3=COC(C4=CC=CCC4)=CO3)CC2)n1. The topological polar surface area (TPSA) is 50.7 Å². The molecule has 1 aliphatic carbocycles. The second kappa shape index (κ2) is 9.50. The van der Waals surface area contributed by atoms with Crippen molar-refractivity contribution in [2.24, 2.45) is 0 Å². The Bertz CT molecular complexity index is 834. The second-order valence-electron chi connectivity index (χ2n) is 7.44. The molecule has 0 bridgehead atoms. The standard InChI is InChI=1S/C22H28N4O2S/c1-17-14-18(2)24-22(23-17)29-13-12-25-8-10-26(11-9-25)21-16-27-20(15-28-21)19-6-4-3-5-7-19/h3-4,6,14-16H,5,7-13H2,1-2H3. The summed E-state index contributed by atoms with van der Waals surface area (Å²) in [4.78, 5) is 13.7. The Hall–Kier alpha value is -2.25. The molecular weight excluding hydrogens is 384 g/mol. The number of nitrogens with zero attached hydrogens (tertiary/aromatic N) is 4. The molecule has 0 aromatic carbocycles. The Morgan fingerprint density at radius 3 is 2.48 bits per heavy atom. The summed E-state index contributed by atoms with van der Waals surface area (Å²) in [6.07, 6.45) is 11.9. The molecule has 4 rings (SSSR count). The molecule has 154 valence electrons. The minimum absolute atomic E-state index is 0.804. The van der Waals surface area contributed by atoms with Crippen molar-refractivity contribution in [1.29, 1.82) is 0 Å². The number of aryl methyl sites for hydroxylation is 2. The van der Waals surface area contributed by atoms with E-state index in [0.29, 0.717) is 0 Å². The van der Waals surface area contributed by atoms with Gasteiger partial charge in [0, 0.05) is 49.9 Å². The average molecular weight is 413 g/mol. The molecule has 0 N–H and O–H groups in total. The highest BCUT2D eigenvalue weighted by Gasteiger charge is 2.22. The van der Waals surface area contributed by atoms with Gasteiger partial charge in [-0.1, -0.05) is 30.0 Å². The van der Waals surface area contributed by atoms with Crippen LogP contribution in [-0.2, 0) is 9.47 Å². The minimum atomic E-state index is 0.804. The van der Waals surface area contributed by atoms with Crippen molar-refractivity contribution < 1.29 is 9.47 Å². The summed E-state index contributed by atoms with van der Waals surface area (Å²) in [5, 5.41) is 0.880. The maximum atomic E-state index is 5.88. The Labute approximate surface area is 177 Å². The van der Waals surface area contributed by atoms with Crippen LogP contribution in [0.5, 0.6) is 0 Å². The normalized spacial score (nSPS) is 19.8. The maximum absolute atomic E-state index is 5.88. The Kier molecular flexibility index (Phi) is 6.56. The Balaban J connectivity index is 1.19. The van der Waals surface area contributed by atoms with Gasteiger partial charge in [0.25, 0.3) is 0 Å². The fourth-order valence-corrected chi connectivity index (χ4v) is 4.56. The number of allylic oxidation sites excluding steroid dienone is 4. The smallest absolute Gasteiger partial charge is 0.231 e. The Morgan fingerprint density at radius 1 is 1.03 bits per heavy atom. The lowest BCUT2D eigenvalue weighted by Crippen LogP contribution is -2.46. The molecule has 29 heavy (non-hydrogen) atoms. The number of aromatic nitrogens is 2. The lowest BCUT2D eigenvalue weighted by molar-refractivity contribution is 0.0872. The van der Waals surface area contributed by atoms with E-state index in [4.69, 9.17) is 9.47 Å². The van der Waals surface area contributed by atoms with Crippen LogP contribution in [0.25, 0.3) is 0 Å². The zero-order valence-corrected chi connectivity index (χ0v) is 18.0. The van der Waals surface area contributed by atoms with Crippen molar-refractivity contribution in [2.45, 2.75) is 31.8 Å². The van der Waals surface area contributed by atoms with Crippen LogP contribution in [0.1, 0.15) is 24.2 Å². The number of piperazine rings is 1. The molecule has 1 saturated heterocycles. The molecule has 1 aromatic heterocycles. The third-order valence-corrected chi connectivity index (χ3v) is 6.02. The van der Waals surface area contributed by atoms with Crippen molar-refractivity contribution in [2.75, 3.05) is 38.5 Å². The average Bonchev–Trinajstić information content (AvgIpc) is 2.74. The lowest BCUT2D eigenvalue weighted by atomic mass is 10.0. The van der Waals surface area contributed by atoms with Gasteiger partial charge in [-0.25, -0.2) is 9.97 Å². The highest BCUT2D eigenvalue weighted by molar-refractivity contribution is 7.99. The van der Waals surface area contributed by atoms with Crippen molar-refractivity contribution in [3.8, 4) is 0 Å². The van der Waals surface area contributed by atoms with E-state index in [0.717, 1.165) is 79.5 Å². The van der Waals surface area contributed by atoms with E-state index >= 15 is 0 Å². The summed E-state index contributed by atoms with van der Waals surface area (Å²) in [5.41, 5.74) is 3.26. The van der Waals surface area contributed by atoms with E-state index in [1.807, 2.05) is 19.9 Å². The van der Waals surface area contributed by atoms with Crippen molar-refractivity contribution in [3.63, 3.8) is 0 Å². The van der Waals surface area contributed by atoms with Crippen LogP contribution in [0.3, 0.4) is 0 Å². The van der Waals surface area contributed by atoms with E-state index in [1.165, 1.54) is 5.57 Å². The van der Waals surface area contributed by atoms with Gasteiger partial charge in [-0.2, -0.15) is 0 Å². The van der Waals surface area contributed by atoms with Gasteiger partial charge in [0.2, 0.25) is 5.88 Å². The third-order valence-electron chi connectivity index (χ3n) is 5.19. The van der Waals surface area contributed by atoms with E-state index in [1.54, 1.807) is 24.3 Å². The van der Waals surface area contributed by atoms with Crippen molar-refractivity contribution in [3.05, 3.63) is 65.4 Å². The zero-order chi connectivity index (χ0) is 20.1. The number of rotatable bonds is 6. The number of hydrogen-bond donors (Lipinski definition) is 0. The third kappa shape index (κ3) is 5.42. The molecule has 3 heterocycles. The van der Waals surface area contributed by atoms with Crippen LogP contribution in [0.15, 0.2) is 59.2 Å². The molecule has 7 heteroatoms. The minimum Gasteiger partial charge on any atom is -0.456 e. The molecule has 0 radical (unpaired) electrons. The van der Waals surface area contributed by atoms with E-state index in [9.17, 15) is 0 Å². The van der Waals surface area contributed by atoms with E-state index < -0.39 is 0 Å². The number of thioether (sulfide) groups is 1. The molecule has 0 amide bonds. The molecule has 0 saturated carbocycles. The van der Waals surface area contributed by atoms with Crippen LogP contribution < -0.4 is 0 Å². The monoisotopic (exact) mass is 412 g/mol. The summed E-state index contributed by atoms with van der Waals surface area (Å²) >= 11 is 1.73. The summed E-state index contributed by atoms with van der Waals surface area (Å²) in [7, 11) is 0. The van der Waals surface area contributed by atoms with Gasteiger partial charge < -0.3 is 14.4 Å². The Morgan fingerprint density at radius 2 is 1.83 bits per heavy atom. The first-order valence-electron chi connectivity index (χ1n) is 10.2. The van der Waals surface area contributed by atoms with E-state index in [2.05, 4.69) is 38.0 Å².